The summed E-state index contributed by atoms with van der Waals surface area (Å²) in [6, 6.07) is 0. The van der Waals surface area contributed by atoms with Crippen molar-refractivity contribution in [1.29, 1.82) is 0 Å². The van der Waals surface area contributed by atoms with Crippen LogP contribution >= 0.6 is 24.0 Å². The summed E-state index contributed by atoms with van der Waals surface area (Å²) in [5.41, 5.74) is 0. The van der Waals surface area contributed by atoms with Crippen molar-refractivity contribution in [2.45, 2.75) is 31.8 Å². The standard InChI is InChI=1S/C7H10O2.HI/c8-7(5-1-2-5)9-6-3-4-6;/h5-6H,1-4H2;1H. The van der Waals surface area contributed by atoms with Gasteiger partial charge in [0.05, 0.1) is 5.92 Å². The second-order valence-electron chi connectivity index (χ2n) is 2.91. The van der Waals surface area contributed by atoms with Crippen molar-refractivity contribution < 1.29 is 9.53 Å². The van der Waals surface area contributed by atoms with Crippen molar-refractivity contribution >= 4 is 29.9 Å². The van der Waals surface area contributed by atoms with Gasteiger partial charge in [-0.1, -0.05) is 0 Å². The Hall–Kier alpha value is 0.200. The van der Waals surface area contributed by atoms with Gasteiger partial charge in [-0.3, -0.25) is 4.79 Å². The summed E-state index contributed by atoms with van der Waals surface area (Å²) in [4.78, 5) is 10.8. The predicted molar refractivity (Wildman–Crippen MR) is 47.3 cm³/mol. The molecule has 0 radical (unpaired) electrons. The molecule has 2 saturated carbocycles. The van der Waals surface area contributed by atoms with Crippen LogP contribution in [-0.4, -0.2) is 12.1 Å². The van der Waals surface area contributed by atoms with Crippen LogP contribution in [0.3, 0.4) is 0 Å². The number of hydrogen-bond acceptors (Lipinski definition) is 2. The Bertz CT molecular complexity index is 139. The van der Waals surface area contributed by atoms with Crippen molar-refractivity contribution in [2.24, 2.45) is 5.92 Å². The molecule has 0 amide bonds. The van der Waals surface area contributed by atoms with E-state index in [1.165, 1.54) is 0 Å². The summed E-state index contributed by atoms with van der Waals surface area (Å²) >= 11 is 0. The molecule has 2 nitrogen and oxygen atoms in total. The lowest BCUT2D eigenvalue weighted by Gasteiger charge is -1.97. The lowest BCUT2D eigenvalue weighted by molar-refractivity contribution is -0.146. The maximum absolute atomic E-state index is 10.8. The van der Waals surface area contributed by atoms with Gasteiger partial charge in [-0.2, -0.15) is 0 Å². The first-order chi connectivity index (χ1) is 4.36. The average Bonchev–Trinajstić information content (AvgIpc) is 2.62. The molecule has 2 aliphatic carbocycles. The summed E-state index contributed by atoms with van der Waals surface area (Å²) in [5, 5.41) is 0. The number of esters is 1. The fourth-order valence-corrected chi connectivity index (χ4v) is 0.765. The summed E-state index contributed by atoms with van der Waals surface area (Å²) in [7, 11) is 0. The summed E-state index contributed by atoms with van der Waals surface area (Å²) in [6.07, 6.45) is 4.62. The molecule has 58 valence electrons. The van der Waals surface area contributed by atoms with E-state index in [9.17, 15) is 4.79 Å². The Balaban J connectivity index is 0.000000500. The fraction of sp³-hybridized carbons (Fsp3) is 0.857. The molecule has 0 aromatic rings. The van der Waals surface area contributed by atoms with Crippen LogP contribution in [0.25, 0.3) is 0 Å². The van der Waals surface area contributed by atoms with Crippen molar-refractivity contribution in [1.82, 2.24) is 0 Å². The van der Waals surface area contributed by atoms with Gasteiger partial charge in [-0.05, 0) is 25.7 Å². The minimum Gasteiger partial charge on any atom is -0.462 e. The second-order valence-corrected chi connectivity index (χ2v) is 2.91. The topological polar surface area (TPSA) is 26.3 Å². The second kappa shape index (κ2) is 3.07. The quantitative estimate of drug-likeness (QED) is 0.554. The van der Waals surface area contributed by atoms with E-state index in [1.807, 2.05) is 0 Å². The van der Waals surface area contributed by atoms with Crippen LogP contribution in [0.15, 0.2) is 0 Å². The van der Waals surface area contributed by atoms with Gasteiger partial charge >= 0.3 is 5.97 Å². The molecular formula is C7H11IO2. The number of ether oxygens (including phenoxy) is 1. The summed E-state index contributed by atoms with van der Waals surface area (Å²) in [6.45, 7) is 0. The Morgan fingerprint density at radius 1 is 1.20 bits per heavy atom. The first kappa shape index (κ1) is 8.30. The molecule has 0 atom stereocenters. The molecule has 0 bridgehead atoms. The van der Waals surface area contributed by atoms with E-state index < -0.39 is 0 Å². The maximum Gasteiger partial charge on any atom is 0.309 e. The summed E-state index contributed by atoms with van der Waals surface area (Å²) < 4.78 is 5.05. The molecule has 0 aliphatic heterocycles. The van der Waals surface area contributed by atoms with E-state index in [0.29, 0.717) is 6.10 Å². The molecule has 2 fully saturated rings. The number of rotatable bonds is 2. The van der Waals surface area contributed by atoms with Gasteiger partial charge < -0.3 is 4.74 Å². The smallest absolute Gasteiger partial charge is 0.309 e. The Morgan fingerprint density at radius 3 is 2.20 bits per heavy atom. The monoisotopic (exact) mass is 254 g/mol. The molecule has 0 aromatic carbocycles. The highest BCUT2D eigenvalue weighted by molar-refractivity contribution is 14.0. The first-order valence-corrected chi connectivity index (χ1v) is 3.57. The molecule has 0 aromatic heterocycles. The third kappa shape index (κ3) is 2.11. The normalized spacial score (nSPS) is 23.2. The molecule has 2 rings (SSSR count). The number of hydrogen-bond donors (Lipinski definition) is 0. The molecule has 2 aliphatic rings. The van der Waals surface area contributed by atoms with E-state index in [1.54, 1.807) is 0 Å². The van der Waals surface area contributed by atoms with E-state index in [0.717, 1.165) is 25.7 Å². The van der Waals surface area contributed by atoms with E-state index in [-0.39, 0.29) is 35.9 Å². The first-order valence-electron chi connectivity index (χ1n) is 3.57. The minimum atomic E-state index is 0. The van der Waals surface area contributed by atoms with Gasteiger partial charge in [-0.25, -0.2) is 0 Å². The third-order valence-corrected chi connectivity index (χ3v) is 1.72. The molecule has 0 N–H and O–H groups in total. The SMILES string of the molecule is I.O=C(OC1CC1)C1CC1. The average molecular weight is 254 g/mol. The molecule has 3 heteroatoms. The molecule has 0 saturated heterocycles. The lowest BCUT2D eigenvalue weighted by atomic mass is 10.4. The van der Waals surface area contributed by atoms with Crippen molar-refractivity contribution in [3.8, 4) is 0 Å². The minimum absolute atomic E-state index is 0. The molecule has 0 heterocycles. The van der Waals surface area contributed by atoms with Gasteiger partial charge in [0.25, 0.3) is 0 Å². The Morgan fingerprint density at radius 2 is 1.80 bits per heavy atom. The highest BCUT2D eigenvalue weighted by Gasteiger charge is 2.35. The van der Waals surface area contributed by atoms with Gasteiger partial charge in [0.15, 0.2) is 0 Å². The van der Waals surface area contributed by atoms with E-state index in [2.05, 4.69) is 0 Å². The van der Waals surface area contributed by atoms with Crippen LogP contribution in [0.4, 0.5) is 0 Å². The van der Waals surface area contributed by atoms with Crippen molar-refractivity contribution in [3.63, 3.8) is 0 Å². The predicted octanol–water partition coefficient (Wildman–Crippen LogP) is 1.72. The van der Waals surface area contributed by atoms with Crippen molar-refractivity contribution in [2.75, 3.05) is 0 Å². The third-order valence-electron chi connectivity index (χ3n) is 1.72. The zero-order chi connectivity index (χ0) is 6.27. The van der Waals surface area contributed by atoms with Crippen LogP contribution in [0, 0.1) is 5.92 Å². The van der Waals surface area contributed by atoms with E-state index in [4.69, 9.17) is 4.74 Å². The van der Waals surface area contributed by atoms with Gasteiger partial charge in [0, 0.05) is 0 Å². The highest BCUT2D eigenvalue weighted by Crippen LogP contribution is 2.33. The highest BCUT2D eigenvalue weighted by atomic mass is 127. The summed E-state index contributed by atoms with van der Waals surface area (Å²) in [5.74, 6) is 0.336. The molecule has 0 spiro atoms. The molecule has 0 unspecified atom stereocenters. The lowest BCUT2D eigenvalue weighted by Crippen LogP contribution is -2.07. The number of carbonyl (C=O) groups is 1. The number of carbonyl (C=O) groups excluding carboxylic acids is 1. The van der Waals surface area contributed by atoms with E-state index >= 15 is 0 Å². The molecular weight excluding hydrogens is 243 g/mol. The van der Waals surface area contributed by atoms with Gasteiger partial charge in [-0.15, -0.1) is 24.0 Å². The zero-order valence-electron chi connectivity index (χ0n) is 5.71. The van der Waals surface area contributed by atoms with Crippen LogP contribution < -0.4 is 0 Å². The number of halogens is 1. The Labute approximate surface area is 77.3 Å². The van der Waals surface area contributed by atoms with Crippen LogP contribution in [0.1, 0.15) is 25.7 Å². The van der Waals surface area contributed by atoms with Crippen LogP contribution in [-0.2, 0) is 9.53 Å². The molecule has 10 heavy (non-hydrogen) atoms. The largest absolute Gasteiger partial charge is 0.462 e. The zero-order valence-corrected chi connectivity index (χ0v) is 8.04. The van der Waals surface area contributed by atoms with Crippen LogP contribution in [0.5, 0.6) is 0 Å². The maximum atomic E-state index is 10.8. The van der Waals surface area contributed by atoms with Crippen LogP contribution in [0.2, 0.25) is 0 Å². The van der Waals surface area contributed by atoms with Gasteiger partial charge in [0.1, 0.15) is 6.10 Å². The van der Waals surface area contributed by atoms with Crippen molar-refractivity contribution in [3.05, 3.63) is 0 Å². The fourth-order valence-electron chi connectivity index (χ4n) is 0.765. The van der Waals surface area contributed by atoms with Gasteiger partial charge in [0.2, 0.25) is 0 Å². The Kier molecular flexibility index (Phi) is 2.55.